The zero-order valence-electron chi connectivity index (χ0n) is 16.2. The molecule has 0 spiro atoms. The van der Waals surface area contributed by atoms with E-state index < -0.39 is 0 Å². The SMILES string of the molecule is CC(C)C(=O)NCc1cnn(-c2ccc(C(=O)N3CCN(C)CC3)cc2)c1. The molecule has 0 aliphatic carbocycles. The van der Waals surface area contributed by atoms with Crippen LogP contribution in [0.15, 0.2) is 36.7 Å². The minimum absolute atomic E-state index is 0.0227. The summed E-state index contributed by atoms with van der Waals surface area (Å²) in [5.41, 5.74) is 2.51. The molecule has 1 aliphatic heterocycles. The monoisotopic (exact) mass is 369 g/mol. The summed E-state index contributed by atoms with van der Waals surface area (Å²) in [4.78, 5) is 28.4. The quantitative estimate of drug-likeness (QED) is 0.868. The molecule has 0 radical (unpaired) electrons. The molecule has 0 atom stereocenters. The molecule has 7 heteroatoms. The third-order valence-corrected chi connectivity index (χ3v) is 4.80. The van der Waals surface area contributed by atoms with Crippen molar-refractivity contribution in [1.29, 1.82) is 0 Å². The topological polar surface area (TPSA) is 70.5 Å². The maximum Gasteiger partial charge on any atom is 0.253 e. The molecular formula is C20H27N5O2. The summed E-state index contributed by atoms with van der Waals surface area (Å²) < 4.78 is 1.75. The molecule has 27 heavy (non-hydrogen) atoms. The predicted octanol–water partition coefficient (Wildman–Crippen LogP) is 1.53. The van der Waals surface area contributed by atoms with Crippen molar-refractivity contribution in [3.63, 3.8) is 0 Å². The number of piperazine rings is 1. The van der Waals surface area contributed by atoms with Gasteiger partial charge >= 0.3 is 0 Å². The molecule has 1 aliphatic rings. The minimum atomic E-state index is -0.0366. The van der Waals surface area contributed by atoms with Crippen LogP contribution in [0.1, 0.15) is 29.8 Å². The van der Waals surface area contributed by atoms with Gasteiger partial charge in [0, 0.05) is 56.0 Å². The van der Waals surface area contributed by atoms with Crippen molar-refractivity contribution in [2.24, 2.45) is 5.92 Å². The number of benzene rings is 1. The van der Waals surface area contributed by atoms with Crippen LogP contribution in [0, 0.1) is 5.92 Å². The predicted molar refractivity (Wildman–Crippen MR) is 104 cm³/mol. The Morgan fingerprint density at radius 1 is 1.11 bits per heavy atom. The smallest absolute Gasteiger partial charge is 0.253 e. The highest BCUT2D eigenvalue weighted by atomic mass is 16.2. The number of likely N-dealkylation sites (N-methyl/N-ethyl adjacent to an activating group) is 1. The van der Waals surface area contributed by atoms with Crippen LogP contribution in [-0.2, 0) is 11.3 Å². The molecule has 2 heterocycles. The fraction of sp³-hybridized carbons (Fsp3) is 0.450. The molecule has 0 bridgehead atoms. The Balaban J connectivity index is 1.62. The van der Waals surface area contributed by atoms with Gasteiger partial charge in [0.15, 0.2) is 0 Å². The van der Waals surface area contributed by atoms with Crippen molar-refractivity contribution < 1.29 is 9.59 Å². The summed E-state index contributed by atoms with van der Waals surface area (Å²) >= 11 is 0. The van der Waals surface area contributed by atoms with Gasteiger partial charge in [-0.05, 0) is 31.3 Å². The second kappa shape index (κ2) is 8.35. The first-order valence-corrected chi connectivity index (χ1v) is 9.33. The summed E-state index contributed by atoms with van der Waals surface area (Å²) in [5, 5.41) is 7.23. The normalized spacial score (nSPS) is 15.2. The first-order chi connectivity index (χ1) is 12.9. The van der Waals surface area contributed by atoms with Crippen molar-refractivity contribution >= 4 is 11.8 Å². The Morgan fingerprint density at radius 2 is 1.78 bits per heavy atom. The zero-order valence-corrected chi connectivity index (χ0v) is 16.2. The molecule has 1 aromatic heterocycles. The van der Waals surface area contributed by atoms with Gasteiger partial charge in [-0.2, -0.15) is 5.10 Å². The fourth-order valence-corrected chi connectivity index (χ4v) is 2.93. The zero-order chi connectivity index (χ0) is 19.4. The van der Waals surface area contributed by atoms with Crippen molar-refractivity contribution in [1.82, 2.24) is 24.9 Å². The number of hydrogen-bond acceptors (Lipinski definition) is 4. The van der Waals surface area contributed by atoms with Crippen LogP contribution in [0.25, 0.3) is 5.69 Å². The number of amides is 2. The van der Waals surface area contributed by atoms with Gasteiger partial charge in [0.2, 0.25) is 5.91 Å². The van der Waals surface area contributed by atoms with Crippen LogP contribution in [0.3, 0.4) is 0 Å². The molecule has 1 N–H and O–H groups in total. The molecule has 1 fully saturated rings. The van der Waals surface area contributed by atoms with Gasteiger partial charge in [0.05, 0.1) is 11.9 Å². The Bertz CT molecular complexity index is 789. The number of carbonyl (C=O) groups is 2. The van der Waals surface area contributed by atoms with Crippen LogP contribution in [0.2, 0.25) is 0 Å². The van der Waals surface area contributed by atoms with Gasteiger partial charge in [-0.25, -0.2) is 4.68 Å². The number of nitrogens with one attached hydrogen (secondary N) is 1. The van der Waals surface area contributed by atoms with E-state index in [2.05, 4.69) is 22.4 Å². The second-order valence-electron chi connectivity index (χ2n) is 7.31. The van der Waals surface area contributed by atoms with Gasteiger partial charge < -0.3 is 15.1 Å². The van der Waals surface area contributed by atoms with Gasteiger partial charge in [-0.15, -0.1) is 0 Å². The van der Waals surface area contributed by atoms with Crippen molar-refractivity contribution in [3.8, 4) is 5.69 Å². The van der Waals surface area contributed by atoms with Crippen LogP contribution < -0.4 is 5.32 Å². The highest BCUT2D eigenvalue weighted by Crippen LogP contribution is 2.13. The number of rotatable bonds is 5. The molecule has 0 unspecified atom stereocenters. The summed E-state index contributed by atoms with van der Waals surface area (Å²) in [6.45, 7) is 7.54. The van der Waals surface area contributed by atoms with Gasteiger partial charge in [0.25, 0.3) is 5.91 Å². The molecule has 144 valence electrons. The lowest BCUT2D eigenvalue weighted by Crippen LogP contribution is -2.47. The maximum atomic E-state index is 12.6. The first kappa shape index (κ1) is 19.1. The number of nitrogens with zero attached hydrogens (tertiary/aromatic N) is 4. The standard InChI is InChI=1S/C20H27N5O2/c1-15(2)19(26)21-12-16-13-22-25(14-16)18-6-4-17(5-7-18)20(27)24-10-8-23(3)9-11-24/h4-7,13-15H,8-12H2,1-3H3,(H,21,26). The van der Waals surface area contributed by atoms with E-state index in [9.17, 15) is 9.59 Å². The van der Waals surface area contributed by atoms with E-state index in [1.807, 2.05) is 49.2 Å². The minimum Gasteiger partial charge on any atom is -0.352 e. The molecule has 2 amide bonds. The molecular weight excluding hydrogens is 342 g/mol. The Hall–Kier alpha value is -2.67. The summed E-state index contributed by atoms with van der Waals surface area (Å²) in [5.74, 6) is 0.0622. The van der Waals surface area contributed by atoms with E-state index in [-0.39, 0.29) is 17.7 Å². The highest BCUT2D eigenvalue weighted by Gasteiger charge is 2.20. The van der Waals surface area contributed by atoms with E-state index in [0.717, 1.165) is 37.4 Å². The first-order valence-electron chi connectivity index (χ1n) is 9.33. The molecule has 2 aromatic rings. The van der Waals surface area contributed by atoms with Crippen LogP contribution in [0.5, 0.6) is 0 Å². The van der Waals surface area contributed by atoms with Crippen molar-refractivity contribution in [2.75, 3.05) is 33.2 Å². The van der Waals surface area contributed by atoms with Crippen LogP contribution >= 0.6 is 0 Å². The number of carbonyl (C=O) groups excluding carboxylic acids is 2. The molecule has 7 nitrogen and oxygen atoms in total. The average molecular weight is 369 g/mol. The van der Waals surface area contributed by atoms with Gasteiger partial charge in [-0.3, -0.25) is 9.59 Å². The second-order valence-corrected chi connectivity index (χ2v) is 7.31. The molecule has 3 rings (SSSR count). The Labute approximate surface area is 159 Å². The summed E-state index contributed by atoms with van der Waals surface area (Å²) in [6.07, 6.45) is 3.63. The van der Waals surface area contributed by atoms with E-state index in [4.69, 9.17) is 0 Å². The van der Waals surface area contributed by atoms with Gasteiger partial charge in [-0.1, -0.05) is 13.8 Å². The Morgan fingerprint density at radius 3 is 2.41 bits per heavy atom. The van der Waals surface area contributed by atoms with Crippen molar-refractivity contribution in [3.05, 3.63) is 47.8 Å². The summed E-state index contributed by atoms with van der Waals surface area (Å²) in [6, 6.07) is 7.48. The number of aromatic nitrogens is 2. The van der Waals surface area contributed by atoms with E-state index in [1.165, 1.54) is 0 Å². The lowest BCUT2D eigenvalue weighted by Gasteiger charge is -2.32. The van der Waals surface area contributed by atoms with E-state index >= 15 is 0 Å². The molecule has 1 saturated heterocycles. The summed E-state index contributed by atoms with van der Waals surface area (Å²) in [7, 11) is 2.07. The lowest BCUT2D eigenvalue weighted by atomic mass is 10.1. The highest BCUT2D eigenvalue weighted by molar-refractivity contribution is 5.94. The van der Waals surface area contributed by atoms with Crippen molar-refractivity contribution in [2.45, 2.75) is 20.4 Å². The Kier molecular flexibility index (Phi) is 5.91. The maximum absolute atomic E-state index is 12.6. The fourth-order valence-electron chi connectivity index (χ4n) is 2.93. The van der Waals surface area contributed by atoms with Crippen LogP contribution in [-0.4, -0.2) is 64.6 Å². The van der Waals surface area contributed by atoms with Gasteiger partial charge in [0.1, 0.15) is 0 Å². The number of hydrogen-bond donors (Lipinski definition) is 1. The van der Waals surface area contributed by atoms with E-state index in [1.54, 1.807) is 10.9 Å². The third-order valence-electron chi connectivity index (χ3n) is 4.80. The van der Waals surface area contributed by atoms with E-state index in [0.29, 0.717) is 12.1 Å². The van der Waals surface area contributed by atoms with Crippen LogP contribution in [0.4, 0.5) is 0 Å². The third kappa shape index (κ3) is 4.74. The molecule has 1 aromatic carbocycles. The lowest BCUT2D eigenvalue weighted by molar-refractivity contribution is -0.124. The largest absolute Gasteiger partial charge is 0.352 e. The average Bonchev–Trinajstić information content (AvgIpc) is 3.15. The molecule has 0 saturated carbocycles.